The molecule has 35 heavy (non-hydrogen) atoms. The summed E-state index contributed by atoms with van der Waals surface area (Å²) in [5.74, 6) is 2.03. The highest BCUT2D eigenvalue weighted by Gasteiger charge is 2.65. The zero-order chi connectivity index (χ0) is 23.6. The van der Waals surface area contributed by atoms with E-state index in [0.29, 0.717) is 22.9 Å². The SMILES string of the molecule is CNc1ncc(-c2nc3ccc(N4CCOCC4)cn3n2)c2cc(NC(=O)[C@@H]3CC34CC4)ncc12. The van der Waals surface area contributed by atoms with Crippen LogP contribution in [0.2, 0.25) is 0 Å². The Balaban J connectivity index is 1.26. The molecule has 4 aromatic heterocycles. The lowest BCUT2D eigenvalue weighted by Crippen LogP contribution is -2.36. The molecule has 2 aliphatic carbocycles. The molecule has 0 radical (unpaired) electrons. The number of pyridine rings is 3. The lowest BCUT2D eigenvalue weighted by molar-refractivity contribution is -0.117. The molecule has 1 saturated heterocycles. The van der Waals surface area contributed by atoms with E-state index in [1.807, 2.05) is 29.9 Å². The quantitative estimate of drug-likeness (QED) is 0.458. The zero-order valence-corrected chi connectivity index (χ0v) is 19.5. The molecule has 1 atom stereocenters. The molecular weight excluding hydrogens is 444 g/mol. The van der Waals surface area contributed by atoms with Gasteiger partial charge in [-0.1, -0.05) is 0 Å². The summed E-state index contributed by atoms with van der Waals surface area (Å²) in [5, 5.41) is 12.7. The van der Waals surface area contributed by atoms with E-state index in [2.05, 4.69) is 31.6 Å². The first-order valence-corrected chi connectivity index (χ1v) is 12.1. The Hall–Kier alpha value is -3.79. The number of hydrogen-bond donors (Lipinski definition) is 2. The van der Waals surface area contributed by atoms with E-state index in [9.17, 15) is 4.79 Å². The molecule has 4 aromatic rings. The first-order chi connectivity index (χ1) is 17.1. The zero-order valence-electron chi connectivity index (χ0n) is 19.5. The van der Waals surface area contributed by atoms with E-state index in [1.54, 1.807) is 12.4 Å². The van der Waals surface area contributed by atoms with Gasteiger partial charge in [-0.2, -0.15) is 0 Å². The number of hydrogen-bond acceptors (Lipinski definition) is 8. The molecule has 1 amide bonds. The Labute approximate surface area is 201 Å². The highest BCUT2D eigenvalue weighted by Crippen LogP contribution is 2.70. The fourth-order valence-electron chi connectivity index (χ4n) is 5.22. The van der Waals surface area contributed by atoms with Crippen LogP contribution in [0.4, 0.5) is 17.3 Å². The van der Waals surface area contributed by atoms with Crippen molar-refractivity contribution in [3.8, 4) is 11.4 Å². The number of fused-ring (bicyclic) bond motifs is 2. The van der Waals surface area contributed by atoms with Gasteiger partial charge in [0, 0.05) is 54.8 Å². The molecule has 10 nitrogen and oxygen atoms in total. The third-order valence-electron chi connectivity index (χ3n) is 7.59. The molecule has 0 bridgehead atoms. The summed E-state index contributed by atoms with van der Waals surface area (Å²) < 4.78 is 7.28. The van der Waals surface area contributed by atoms with Crippen LogP contribution >= 0.6 is 0 Å². The normalized spacial score (nSPS) is 20.4. The van der Waals surface area contributed by atoms with Crippen molar-refractivity contribution in [3.63, 3.8) is 0 Å². The highest BCUT2D eigenvalue weighted by atomic mass is 16.5. The van der Waals surface area contributed by atoms with Crippen LogP contribution in [-0.4, -0.2) is 63.8 Å². The van der Waals surface area contributed by atoms with Crippen molar-refractivity contribution in [2.75, 3.05) is 48.9 Å². The topological polar surface area (TPSA) is 110 Å². The van der Waals surface area contributed by atoms with E-state index in [1.165, 1.54) is 12.8 Å². The van der Waals surface area contributed by atoms with Crippen LogP contribution in [0.15, 0.2) is 36.8 Å². The Morgan fingerprint density at radius 3 is 2.77 bits per heavy atom. The van der Waals surface area contributed by atoms with Crippen LogP contribution in [0, 0.1) is 11.3 Å². The summed E-state index contributed by atoms with van der Waals surface area (Å²) in [7, 11) is 1.83. The minimum atomic E-state index is 0.0697. The highest BCUT2D eigenvalue weighted by molar-refractivity contribution is 6.03. The van der Waals surface area contributed by atoms with Crippen molar-refractivity contribution >= 4 is 39.6 Å². The fourth-order valence-corrected chi connectivity index (χ4v) is 5.22. The second-order valence-corrected chi connectivity index (χ2v) is 9.72. The van der Waals surface area contributed by atoms with Crippen molar-refractivity contribution in [3.05, 3.63) is 36.8 Å². The summed E-state index contributed by atoms with van der Waals surface area (Å²) >= 11 is 0. The van der Waals surface area contributed by atoms with Crippen LogP contribution in [0.25, 0.3) is 27.8 Å². The van der Waals surface area contributed by atoms with Gasteiger partial charge in [0.15, 0.2) is 11.5 Å². The van der Waals surface area contributed by atoms with Gasteiger partial charge in [0.2, 0.25) is 5.91 Å². The molecule has 1 spiro atoms. The standard InChI is InChI=1S/C25H26N8O2/c1-26-22-17-12-27-20(29-24(34)19-11-25(19)4-5-25)10-16(17)18(13-28-22)23-30-21-3-2-15(14-33(21)31-23)32-6-8-35-9-7-32/h2-3,10,12-14,19H,4-9,11H2,1H3,(H,26,28)(H,27,29,34)/t19-/m0/s1. The van der Waals surface area contributed by atoms with Gasteiger partial charge in [-0.25, -0.2) is 19.5 Å². The third-order valence-corrected chi connectivity index (χ3v) is 7.59. The minimum Gasteiger partial charge on any atom is -0.378 e. The van der Waals surface area contributed by atoms with E-state index in [0.717, 1.165) is 60.4 Å². The predicted molar refractivity (Wildman–Crippen MR) is 133 cm³/mol. The summed E-state index contributed by atoms with van der Waals surface area (Å²) in [6, 6.07) is 5.95. The average molecular weight is 471 g/mol. The first-order valence-electron chi connectivity index (χ1n) is 12.1. The van der Waals surface area contributed by atoms with Gasteiger partial charge in [0.05, 0.1) is 25.1 Å². The molecule has 1 aliphatic heterocycles. The molecule has 5 heterocycles. The first kappa shape index (κ1) is 20.6. The van der Waals surface area contributed by atoms with Crippen LogP contribution in [-0.2, 0) is 9.53 Å². The smallest absolute Gasteiger partial charge is 0.229 e. The minimum absolute atomic E-state index is 0.0697. The Morgan fingerprint density at radius 2 is 2.00 bits per heavy atom. The Bertz CT molecular complexity index is 1470. The van der Waals surface area contributed by atoms with Gasteiger partial charge in [-0.3, -0.25) is 4.79 Å². The second-order valence-electron chi connectivity index (χ2n) is 9.72. The Morgan fingerprint density at radius 1 is 1.14 bits per heavy atom. The van der Waals surface area contributed by atoms with Gasteiger partial charge < -0.3 is 20.3 Å². The molecule has 0 unspecified atom stereocenters. The number of nitrogens with zero attached hydrogens (tertiary/aromatic N) is 6. The van der Waals surface area contributed by atoms with Gasteiger partial charge >= 0.3 is 0 Å². The molecule has 2 saturated carbocycles. The van der Waals surface area contributed by atoms with Gasteiger partial charge in [-0.05, 0) is 42.9 Å². The summed E-state index contributed by atoms with van der Waals surface area (Å²) in [6.07, 6.45) is 8.88. The number of anilines is 3. The van der Waals surface area contributed by atoms with Gasteiger partial charge in [0.25, 0.3) is 0 Å². The monoisotopic (exact) mass is 470 g/mol. The van der Waals surface area contributed by atoms with E-state index >= 15 is 0 Å². The molecule has 3 aliphatic rings. The maximum Gasteiger partial charge on any atom is 0.229 e. The lowest BCUT2D eigenvalue weighted by Gasteiger charge is -2.28. The number of ether oxygens (including phenoxy) is 1. The number of morpholine rings is 1. The van der Waals surface area contributed by atoms with Gasteiger partial charge in [-0.15, -0.1) is 5.10 Å². The third kappa shape index (κ3) is 3.47. The largest absolute Gasteiger partial charge is 0.378 e. The van der Waals surface area contributed by atoms with Crippen molar-refractivity contribution in [1.29, 1.82) is 0 Å². The van der Waals surface area contributed by atoms with Crippen LogP contribution in [0.1, 0.15) is 19.3 Å². The lowest BCUT2D eigenvalue weighted by atomic mass is 10.1. The molecular formula is C25H26N8O2. The maximum absolute atomic E-state index is 12.7. The Kier molecular flexibility index (Phi) is 4.47. The van der Waals surface area contributed by atoms with Crippen LogP contribution < -0.4 is 15.5 Å². The van der Waals surface area contributed by atoms with E-state index < -0.39 is 0 Å². The number of nitrogens with one attached hydrogen (secondary N) is 2. The van der Waals surface area contributed by atoms with Crippen molar-refractivity contribution in [1.82, 2.24) is 24.6 Å². The average Bonchev–Trinajstić information content (AvgIpc) is 3.79. The summed E-state index contributed by atoms with van der Waals surface area (Å²) in [4.78, 5) is 28.8. The number of amides is 1. The van der Waals surface area contributed by atoms with E-state index in [-0.39, 0.29) is 11.8 Å². The molecule has 0 aromatic carbocycles. The predicted octanol–water partition coefficient (Wildman–Crippen LogP) is 2.96. The molecule has 10 heteroatoms. The van der Waals surface area contributed by atoms with Crippen LogP contribution in [0.3, 0.4) is 0 Å². The number of rotatable bonds is 5. The fraction of sp³-hybridized carbons (Fsp3) is 0.400. The van der Waals surface area contributed by atoms with E-state index in [4.69, 9.17) is 14.8 Å². The van der Waals surface area contributed by atoms with Gasteiger partial charge in [0.1, 0.15) is 11.6 Å². The second kappa shape index (κ2) is 7.61. The molecule has 2 N–H and O–H groups in total. The van der Waals surface area contributed by atoms with Crippen LogP contribution in [0.5, 0.6) is 0 Å². The molecule has 7 rings (SSSR count). The number of carbonyl (C=O) groups excluding carboxylic acids is 1. The molecule has 178 valence electrons. The number of carbonyl (C=O) groups is 1. The van der Waals surface area contributed by atoms with Crippen molar-refractivity contribution in [2.45, 2.75) is 19.3 Å². The maximum atomic E-state index is 12.7. The van der Waals surface area contributed by atoms with Crippen molar-refractivity contribution in [2.24, 2.45) is 11.3 Å². The number of aromatic nitrogens is 5. The summed E-state index contributed by atoms with van der Waals surface area (Å²) in [5.41, 5.74) is 2.94. The van der Waals surface area contributed by atoms with Crippen molar-refractivity contribution < 1.29 is 9.53 Å². The summed E-state index contributed by atoms with van der Waals surface area (Å²) in [6.45, 7) is 3.17. The molecule has 3 fully saturated rings.